The second-order valence-electron chi connectivity index (χ2n) is 6.77. The van der Waals surface area contributed by atoms with Gasteiger partial charge in [0.15, 0.2) is 5.13 Å². The van der Waals surface area contributed by atoms with Crippen molar-refractivity contribution in [2.75, 3.05) is 23.3 Å². The molecule has 3 aromatic rings. The predicted molar refractivity (Wildman–Crippen MR) is 109 cm³/mol. The van der Waals surface area contributed by atoms with E-state index in [4.69, 9.17) is 11.6 Å². The maximum absolute atomic E-state index is 13.9. The Morgan fingerprint density at radius 1 is 1.33 bits per heavy atom. The molecule has 1 aliphatic rings. The maximum atomic E-state index is 13.9. The van der Waals surface area contributed by atoms with Crippen molar-refractivity contribution in [3.8, 4) is 0 Å². The lowest BCUT2D eigenvalue weighted by molar-refractivity contribution is -0.120. The summed E-state index contributed by atoms with van der Waals surface area (Å²) in [6.07, 6.45) is 1.71. The van der Waals surface area contributed by atoms with Crippen LogP contribution in [0.4, 0.5) is 15.2 Å². The first-order chi connectivity index (χ1) is 13.0. The summed E-state index contributed by atoms with van der Waals surface area (Å²) in [6, 6.07) is 10.5. The average molecular weight is 404 g/mol. The van der Waals surface area contributed by atoms with Crippen LogP contribution in [-0.2, 0) is 4.79 Å². The Bertz CT molecular complexity index is 1010. The van der Waals surface area contributed by atoms with Crippen molar-refractivity contribution < 1.29 is 9.18 Å². The molecule has 140 valence electrons. The monoisotopic (exact) mass is 403 g/mol. The maximum Gasteiger partial charge on any atom is 0.229 e. The molecule has 1 saturated heterocycles. The molecule has 0 spiro atoms. The van der Waals surface area contributed by atoms with Crippen LogP contribution in [0.5, 0.6) is 0 Å². The van der Waals surface area contributed by atoms with Gasteiger partial charge < -0.3 is 10.2 Å². The first kappa shape index (κ1) is 18.2. The number of para-hydroxylation sites is 1. The van der Waals surface area contributed by atoms with Gasteiger partial charge in [0.1, 0.15) is 11.3 Å². The molecule has 0 bridgehead atoms. The minimum absolute atomic E-state index is 0.0163. The lowest BCUT2D eigenvalue weighted by Gasteiger charge is -2.31. The summed E-state index contributed by atoms with van der Waals surface area (Å²) in [7, 11) is 0. The minimum atomic E-state index is -0.308. The molecular formula is C20H19ClFN3OS. The van der Waals surface area contributed by atoms with Gasteiger partial charge in [0.25, 0.3) is 0 Å². The molecule has 4 rings (SSSR count). The lowest BCUT2D eigenvalue weighted by Crippen LogP contribution is -2.40. The molecule has 1 unspecified atom stereocenters. The van der Waals surface area contributed by atoms with Crippen molar-refractivity contribution in [1.29, 1.82) is 0 Å². The number of hydrogen-bond donors (Lipinski definition) is 1. The number of fused-ring (bicyclic) bond motifs is 1. The van der Waals surface area contributed by atoms with E-state index >= 15 is 0 Å². The highest BCUT2D eigenvalue weighted by Crippen LogP contribution is 2.33. The molecule has 2 heterocycles. The van der Waals surface area contributed by atoms with Crippen LogP contribution >= 0.6 is 22.9 Å². The van der Waals surface area contributed by atoms with E-state index in [9.17, 15) is 9.18 Å². The van der Waals surface area contributed by atoms with Crippen LogP contribution in [0.25, 0.3) is 10.2 Å². The van der Waals surface area contributed by atoms with E-state index in [-0.39, 0.29) is 17.6 Å². The van der Waals surface area contributed by atoms with Crippen LogP contribution in [-0.4, -0.2) is 24.0 Å². The first-order valence-corrected chi connectivity index (χ1v) is 10.1. The molecule has 1 atom stereocenters. The molecule has 1 amide bonds. The highest BCUT2D eigenvalue weighted by atomic mass is 35.5. The van der Waals surface area contributed by atoms with Crippen molar-refractivity contribution in [3.05, 3.63) is 52.8 Å². The third-order valence-corrected chi connectivity index (χ3v) is 6.44. The van der Waals surface area contributed by atoms with Crippen molar-refractivity contribution in [2.24, 2.45) is 5.92 Å². The molecule has 1 fully saturated rings. The normalized spacial score (nSPS) is 17.3. The summed E-state index contributed by atoms with van der Waals surface area (Å²) in [5, 5.41) is 4.41. The Morgan fingerprint density at radius 3 is 2.96 bits per heavy atom. The molecule has 1 N–H and O–H groups in total. The topological polar surface area (TPSA) is 45.2 Å². The number of carbonyl (C=O) groups excluding carboxylic acids is 1. The molecule has 0 saturated carbocycles. The van der Waals surface area contributed by atoms with Crippen molar-refractivity contribution in [1.82, 2.24) is 4.98 Å². The molecule has 1 aliphatic heterocycles. The van der Waals surface area contributed by atoms with Gasteiger partial charge in [0.05, 0.1) is 10.6 Å². The largest absolute Gasteiger partial charge is 0.347 e. The Hall–Kier alpha value is -2.18. The fourth-order valence-electron chi connectivity index (χ4n) is 3.38. The van der Waals surface area contributed by atoms with Crippen molar-refractivity contribution >= 4 is 49.9 Å². The van der Waals surface area contributed by atoms with E-state index in [1.807, 2.05) is 25.1 Å². The number of rotatable bonds is 3. The Balaban J connectivity index is 1.51. The standard InChI is InChI=1S/C20H19ClFN3OS/c1-12-14(21)6-2-8-16(12)23-19(26)13-5-4-10-25(11-13)20-24-18-15(22)7-3-9-17(18)27-20/h2-3,6-9,13H,4-5,10-11H2,1H3,(H,23,26). The van der Waals surface area contributed by atoms with Gasteiger partial charge in [-0.05, 0) is 49.6 Å². The van der Waals surface area contributed by atoms with Gasteiger partial charge in [-0.15, -0.1) is 0 Å². The van der Waals surface area contributed by atoms with Gasteiger partial charge >= 0.3 is 0 Å². The van der Waals surface area contributed by atoms with E-state index in [0.717, 1.165) is 40.5 Å². The molecule has 2 aromatic carbocycles. The summed E-state index contributed by atoms with van der Waals surface area (Å²) in [5.74, 6) is -0.468. The summed E-state index contributed by atoms with van der Waals surface area (Å²) < 4.78 is 14.8. The molecule has 0 aliphatic carbocycles. The molecule has 7 heteroatoms. The van der Waals surface area contributed by atoms with Gasteiger partial charge in [-0.3, -0.25) is 4.79 Å². The summed E-state index contributed by atoms with van der Waals surface area (Å²) in [4.78, 5) is 19.3. The van der Waals surface area contributed by atoms with Crippen LogP contribution in [0.3, 0.4) is 0 Å². The average Bonchev–Trinajstić information content (AvgIpc) is 3.11. The van der Waals surface area contributed by atoms with Crippen LogP contribution in [0.15, 0.2) is 36.4 Å². The fourth-order valence-corrected chi connectivity index (χ4v) is 4.57. The summed E-state index contributed by atoms with van der Waals surface area (Å²) >= 11 is 7.61. The second-order valence-corrected chi connectivity index (χ2v) is 8.19. The quantitative estimate of drug-likeness (QED) is 0.649. The molecule has 27 heavy (non-hydrogen) atoms. The zero-order valence-electron chi connectivity index (χ0n) is 14.8. The van der Waals surface area contributed by atoms with E-state index in [1.54, 1.807) is 12.1 Å². The highest BCUT2D eigenvalue weighted by molar-refractivity contribution is 7.22. The van der Waals surface area contributed by atoms with Crippen molar-refractivity contribution in [2.45, 2.75) is 19.8 Å². The minimum Gasteiger partial charge on any atom is -0.347 e. The Labute approximate surface area is 166 Å². The van der Waals surface area contributed by atoms with Crippen LogP contribution in [0.2, 0.25) is 5.02 Å². The predicted octanol–water partition coefficient (Wildman–Crippen LogP) is 5.25. The molecule has 4 nitrogen and oxygen atoms in total. The SMILES string of the molecule is Cc1c(Cl)cccc1NC(=O)C1CCCN(c2nc3c(F)cccc3s2)C1. The highest BCUT2D eigenvalue weighted by Gasteiger charge is 2.28. The van der Waals surface area contributed by atoms with Crippen LogP contribution in [0.1, 0.15) is 18.4 Å². The second kappa shape index (κ2) is 7.44. The van der Waals surface area contributed by atoms with E-state index < -0.39 is 0 Å². The number of anilines is 2. The molecule has 1 aromatic heterocycles. The Kier molecular flexibility index (Phi) is 5.02. The van der Waals surface area contributed by atoms with Gasteiger partial charge in [-0.2, -0.15) is 0 Å². The zero-order chi connectivity index (χ0) is 19.0. The number of hydrogen-bond acceptors (Lipinski definition) is 4. The summed E-state index contributed by atoms with van der Waals surface area (Å²) in [5.41, 5.74) is 2.01. The van der Waals surface area contributed by atoms with E-state index in [1.165, 1.54) is 17.4 Å². The van der Waals surface area contributed by atoms with Gasteiger partial charge in [0.2, 0.25) is 5.91 Å². The first-order valence-electron chi connectivity index (χ1n) is 8.89. The number of benzene rings is 2. The summed E-state index contributed by atoms with van der Waals surface area (Å²) in [6.45, 7) is 3.29. The van der Waals surface area contributed by atoms with E-state index in [2.05, 4.69) is 15.2 Å². The molecular weight excluding hydrogens is 385 g/mol. The zero-order valence-corrected chi connectivity index (χ0v) is 16.4. The third kappa shape index (κ3) is 3.64. The van der Waals surface area contributed by atoms with Gasteiger partial charge in [-0.1, -0.05) is 35.1 Å². The number of thiazole rings is 1. The number of aromatic nitrogens is 1. The Morgan fingerprint density at radius 2 is 2.15 bits per heavy atom. The number of halogens is 2. The number of amides is 1. The number of nitrogens with zero attached hydrogens (tertiary/aromatic N) is 2. The van der Waals surface area contributed by atoms with Crippen LogP contribution < -0.4 is 10.2 Å². The lowest BCUT2D eigenvalue weighted by atomic mass is 9.97. The fraction of sp³-hybridized carbons (Fsp3) is 0.300. The molecule has 0 radical (unpaired) electrons. The number of piperidine rings is 1. The van der Waals surface area contributed by atoms with Crippen molar-refractivity contribution in [3.63, 3.8) is 0 Å². The smallest absolute Gasteiger partial charge is 0.229 e. The van der Waals surface area contributed by atoms with Gasteiger partial charge in [-0.25, -0.2) is 9.37 Å². The number of nitrogens with one attached hydrogen (secondary N) is 1. The van der Waals surface area contributed by atoms with Crippen LogP contribution in [0, 0.1) is 18.7 Å². The van der Waals surface area contributed by atoms with Gasteiger partial charge in [0, 0.05) is 23.8 Å². The van der Waals surface area contributed by atoms with E-state index in [0.29, 0.717) is 17.1 Å². The number of carbonyl (C=O) groups is 1. The third-order valence-electron chi connectivity index (χ3n) is 4.95.